The highest BCUT2D eigenvalue weighted by atomic mass is 16.4. The molecule has 0 heterocycles. The van der Waals surface area contributed by atoms with Gasteiger partial charge < -0.3 is 15.7 Å². The Hall–Kier alpha value is -2.37. The number of hydrogen-bond donors (Lipinski definition) is 3. The number of rotatable bonds is 8. The molecule has 1 aromatic rings. The minimum absolute atomic E-state index is 0.107. The molecular formula is C18H26N2O4. The first-order valence-corrected chi connectivity index (χ1v) is 7.95. The summed E-state index contributed by atoms with van der Waals surface area (Å²) in [5.41, 5.74) is 1.07. The van der Waals surface area contributed by atoms with Gasteiger partial charge in [0.25, 0.3) is 0 Å². The molecule has 6 nitrogen and oxygen atoms in total. The Morgan fingerprint density at radius 3 is 2.25 bits per heavy atom. The summed E-state index contributed by atoms with van der Waals surface area (Å²) in [4.78, 5) is 34.6. The Morgan fingerprint density at radius 1 is 1.17 bits per heavy atom. The third-order valence-corrected chi connectivity index (χ3v) is 3.90. The van der Waals surface area contributed by atoms with Crippen LogP contribution in [0.2, 0.25) is 0 Å². The van der Waals surface area contributed by atoms with Gasteiger partial charge in [-0.1, -0.05) is 29.8 Å². The molecule has 2 amide bonds. The largest absolute Gasteiger partial charge is 0.481 e. The molecule has 1 atom stereocenters. The van der Waals surface area contributed by atoms with Gasteiger partial charge in [-0.3, -0.25) is 14.4 Å². The first-order valence-electron chi connectivity index (χ1n) is 7.95. The maximum absolute atomic E-state index is 12.1. The second-order valence-electron chi connectivity index (χ2n) is 6.66. The fourth-order valence-corrected chi connectivity index (χ4v) is 2.18. The van der Waals surface area contributed by atoms with Crippen LogP contribution in [0.1, 0.15) is 50.8 Å². The van der Waals surface area contributed by atoms with Crippen molar-refractivity contribution in [3.05, 3.63) is 35.4 Å². The number of aliphatic carboxylic acids is 1. The topological polar surface area (TPSA) is 95.5 Å². The highest BCUT2D eigenvalue weighted by Gasteiger charge is 2.26. The summed E-state index contributed by atoms with van der Waals surface area (Å²) in [5, 5.41) is 14.6. The second kappa shape index (κ2) is 8.47. The molecule has 0 saturated carbocycles. The van der Waals surface area contributed by atoms with Crippen LogP contribution in [0, 0.1) is 12.3 Å². The van der Waals surface area contributed by atoms with Crippen LogP contribution in [0.5, 0.6) is 0 Å². The molecule has 1 rings (SSSR count). The van der Waals surface area contributed by atoms with Crippen LogP contribution >= 0.6 is 0 Å². The van der Waals surface area contributed by atoms with Crippen molar-refractivity contribution in [3.63, 3.8) is 0 Å². The molecule has 24 heavy (non-hydrogen) atoms. The zero-order valence-corrected chi connectivity index (χ0v) is 14.7. The van der Waals surface area contributed by atoms with Crippen molar-refractivity contribution in [2.24, 2.45) is 5.41 Å². The summed E-state index contributed by atoms with van der Waals surface area (Å²) in [6, 6.07) is 7.22. The first kappa shape index (κ1) is 19.7. The molecular weight excluding hydrogens is 308 g/mol. The van der Waals surface area contributed by atoms with Crippen molar-refractivity contribution in [3.8, 4) is 0 Å². The number of carboxylic acids is 1. The Labute approximate surface area is 142 Å². The fourth-order valence-electron chi connectivity index (χ4n) is 2.18. The number of nitrogens with one attached hydrogen (secondary N) is 2. The van der Waals surface area contributed by atoms with E-state index < -0.39 is 17.4 Å². The summed E-state index contributed by atoms with van der Waals surface area (Å²) >= 11 is 0. The number of amides is 2. The van der Waals surface area contributed by atoms with Crippen molar-refractivity contribution in [2.45, 2.75) is 46.6 Å². The average Bonchev–Trinajstić information content (AvgIpc) is 2.46. The Morgan fingerprint density at radius 2 is 1.75 bits per heavy atom. The van der Waals surface area contributed by atoms with Crippen LogP contribution < -0.4 is 10.6 Å². The van der Waals surface area contributed by atoms with Crippen LogP contribution in [-0.2, 0) is 14.4 Å². The number of benzene rings is 1. The lowest BCUT2D eigenvalue weighted by Crippen LogP contribution is -2.35. The Kier molecular flexibility index (Phi) is 6.95. The molecule has 0 aromatic heterocycles. The van der Waals surface area contributed by atoms with E-state index in [-0.39, 0.29) is 24.8 Å². The van der Waals surface area contributed by atoms with E-state index in [4.69, 9.17) is 5.11 Å². The van der Waals surface area contributed by atoms with Crippen molar-refractivity contribution in [1.29, 1.82) is 0 Å². The zero-order chi connectivity index (χ0) is 18.3. The minimum Gasteiger partial charge on any atom is -0.481 e. The number of carboxylic acid groups (broad SMARTS) is 1. The van der Waals surface area contributed by atoms with E-state index in [0.717, 1.165) is 11.1 Å². The number of hydrogen-bond acceptors (Lipinski definition) is 3. The van der Waals surface area contributed by atoms with E-state index in [2.05, 4.69) is 10.6 Å². The van der Waals surface area contributed by atoms with Crippen molar-refractivity contribution < 1.29 is 19.5 Å². The molecule has 132 valence electrons. The molecule has 0 aliphatic heterocycles. The zero-order valence-electron chi connectivity index (χ0n) is 14.7. The van der Waals surface area contributed by atoms with Crippen molar-refractivity contribution in [2.75, 3.05) is 6.54 Å². The van der Waals surface area contributed by atoms with E-state index in [1.165, 1.54) is 6.92 Å². The molecule has 3 N–H and O–H groups in total. The maximum Gasteiger partial charge on any atom is 0.309 e. The van der Waals surface area contributed by atoms with Crippen LogP contribution in [-0.4, -0.2) is 29.4 Å². The van der Waals surface area contributed by atoms with Gasteiger partial charge in [-0.15, -0.1) is 0 Å². The van der Waals surface area contributed by atoms with Gasteiger partial charge in [-0.05, 0) is 32.8 Å². The predicted octanol–water partition coefficient (Wildman–Crippen LogP) is 2.18. The van der Waals surface area contributed by atoms with Crippen LogP contribution in [0.15, 0.2) is 24.3 Å². The molecule has 0 aliphatic carbocycles. The number of aryl methyl sites for hydroxylation is 1. The molecule has 0 fully saturated rings. The highest BCUT2D eigenvalue weighted by Crippen LogP contribution is 2.20. The molecule has 0 bridgehead atoms. The maximum atomic E-state index is 12.1. The quantitative estimate of drug-likeness (QED) is 0.679. The summed E-state index contributed by atoms with van der Waals surface area (Å²) in [6.45, 7) is 6.89. The van der Waals surface area contributed by atoms with E-state index in [1.807, 2.05) is 31.2 Å². The molecule has 0 spiro atoms. The SMILES string of the molecule is CC(=O)NC(CC(=O)NCCC(C)(C)C(=O)O)c1ccc(C)cc1. The molecule has 0 saturated heterocycles. The van der Waals surface area contributed by atoms with E-state index >= 15 is 0 Å². The van der Waals surface area contributed by atoms with Gasteiger partial charge in [-0.2, -0.15) is 0 Å². The van der Waals surface area contributed by atoms with Gasteiger partial charge >= 0.3 is 5.97 Å². The van der Waals surface area contributed by atoms with Crippen LogP contribution in [0.4, 0.5) is 0 Å². The van der Waals surface area contributed by atoms with Crippen LogP contribution in [0.25, 0.3) is 0 Å². The van der Waals surface area contributed by atoms with Gasteiger partial charge in [0, 0.05) is 13.5 Å². The number of carbonyl (C=O) groups excluding carboxylic acids is 2. The molecule has 0 radical (unpaired) electrons. The Bertz CT molecular complexity index is 594. The summed E-state index contributed by atoms with van der Waals surface area (Å²) < 4.78 is 0. The molecule has 1 unspecified atom stereocenters. The minimum atomic E-state index is -0.896. The first-order chi connectivity index (χ1) is 11.1. The molecule has 0 aliphatic rings. The lowest BCUT2D eigenvalue weighted by molar-refractivity contribution is -0.147. The smallest absolute Gasteiger partial charge is 0.309 e. The fraction of sp³-hybridized carbons (Fsp3) is 0.500. The van der Waals surface area contributed by atoms with E-state index in [0.29, 0.717) is 6.42 Å². The second-order valence-corrected chi connectivity index (χ2v) is 6.66. The molecule has 1 aromatic carbocycles. The van der Waals surface area contributed by atoms with Gasteiger partial charge in [0.05, 0.1) is 17.9 Å². The summed E-state index contributed by atoms with van der Waals surface area (Å²) in [5.74, 6) is -1.33. The average molecular weight is 334 g/mol. The van der Waals surface area contributed by atoms with E-state index in [9.17, 15) is 14.4 Å². The number of carbonyl (C=O) groups is 3. The van der Waals surface area contributed by atoms with Crippen molar-refractivity contribution in [1.82, 2.24) is 10.6 Å². The van der Waals surface area contributed by atoms with E-state index in [1.54, 1.807) is 13.8 Å². The normalized spacial score (nSPS) is 12.3. The van der Waals surface area contributed by atoms with Crippen molar-refractivity contribution >= 4 is 17.8 Å². The Balaban J connectivity index is 2.63. The van der Waals surface area contributed by atoms with Gasteiger partial charge in [-0.25, -0.2) is 0 Å². The van der Waals surface area contributed by atoms with Gasteiger partial charge in [0.15, 0.2) is 0 Å². The predicted molar refractivity (Wildman–Crippen MR) is 91.4 cm³/mol. The van der Waals surface area contributed by atoms with Gasteiger partial charge in [0.1, 0.15) is 0 Å². The highest BCUT2D eigenvalue weighted by molar-refractivity contribution is 5.79. The lowest BCUT2D eigenvalue weighted by Gasteiger charge is -2.21. The standard InChI is InChI=1S/C18H26N2O4/c1-12-5-7-14(8-6-12)15(20-13(2)21)11-16(22)19-10-9-18(3,4)17(23)24/h5-8,15H,9-11H2,1-4H3,(H,19,22)(H,20,21)(H,23,24). The lowest BCUT2D eigenvalue weighted by atomic mass is 9.89. The third kappa shape index (κ3) is 6.40. The summed E-state index contributed by atoms with van der Waals surface area (Å²) in [7, 11) is 0. The van der Waals surface area contributed by atoms with Gasteiger partial charge in [0.2, 0.25) is 11.8 Å². The summed E-state index contributed by atoms with van der Waals surface area (Å²) in [6.07, 6.45) is 0.444. The van der Waals surface area contributed by atoms with Crippen LogP contribution in [0.3, 0.4) is 0 Å². The third-order valence-electron chi connectivity index (χ3n) is 3.90. The molecule has 6 heteroatoms. The monoisotopic (exact) mass is 334 g/mol.